The van der Waals surface area contributed by atoms with E-state index in [4.69, 9.17) is 0 Å². The zero-order chi connectivity index (χ0) is 13.7. The lowest BCUT2D eigenvalue weighted by atomic mass is 9.92. The summed E-state index contributed by atoms with van der Waals surface area (Å²) < 4.78 is 25.8. The molecule has 1 aromatic rings. The van der Waals surface area contributed by atoms with Crippen molar-refractivity contribution in [2.24, 2.45) is 5.92 Å². The highest BCUT2D eigenvalue weighted by Gasteiger charge is 2.15. The largest absolute Gasteiger partial charge is 0.316 e. The van der Waals surface area contributed by atoms with Crippen LogP contribution in [0.4, 0.5) is 8.78 Å². The van der Waals surface area contributed by atoms with Crippen molar-refractivity contribution in [2.45, 2.75) is 32.1 Å². The number of benzene rings is 1. The average Bonchev–Trinajstić information content (AvgIpc) is 2.42. The van der Waals surface area contributed by atoms with Crippen LogP contribution in [0.2, 0.25) is 0 Å². The van der Waals surface area contributed by atoms with Gasteiger partial charge in [0.15, 0.2) is 11.6 Å². The van der Waals surface area contributed by atoms with Crippen molar-refractivity contribution in [3.05, 3.63) is 35.4 Å². The van der Waals surface area contributed by atoms with Crippen molar-refractivity contribution in [3.63, 3.8) is 0 Å². The number of nitrogens with one attached hydrogen (secondary N) is 1. The fraction of sp³-hybridized carbons (Fsp3) is 0.533. The third-order valence-electron chi connectivity index (χ3n) is 3.62. The Morgan fingerprint density at radius 1 is 1.32 bits per heavy atom. The van der Waals surface area contributed by atoms with Gasteiger partial charge in [0.1, 0.15) is 5.78 Å². The lowest BCUT2D eigenvalue weighted by molar-refractivity contribution is -0.118. The molecule has 0 bridgehead atoms. The Bertz CT molecular complexity index is 442. The van der Waals surface area contributed by atoms with Gasteiger partial charge in [-0.1, -0.05) is 6.07 Å². The minimum atomic E-state index is -0.887. The highest BCUT2D eigenvalue weighted by Crippen LogP contribution is 2.17. The lowest BCUT2D eigenvalue weighted by Crippen LogP contribution is -2.30. The Labute approximate surface area is 112 Å². The van der Waals surface area contributed by atoms with E-state index in [1.165, 1.54) is 18.9 Å². The molecule has 1 aromatic carbocycles. The number of carbonyl (C=O) groups is 1. The van der Waals surface area contributed by atoms with Gasteiger partial charge in [-0.2, -0.15) is 0 Å². The van der Waals surface area contributed by atoms with E-state index in [1.807, 2.05) is 0 Å². The SMILES string of the molecule is O=C(CCC1CCCNC1)Cc1ccc(F)c(F)c1. The molecule has 1 unspecified atom stereocenters. The monoisotopic (exact) mass is 267 g/mol. The maximum Gasteiger partial charge on any atom is 0.159 e. The van der Waals surface area contributed by atoms with E-state index in [0.29, 0.717) is 17.9 Å². The van der Waals surface area contributed by atoms with Gasteiger partial charge in [0.2, 0.25) is 0 Å². The quantitative estimate of drug-likeness (QED) is 0.888. The summed E-state index contributed by atoms with van der Waals surface area (Å²) in [6.45, 7) is 2.05. The standard InChI is InChI=1S/C15H19F2NO/c16-14-6-4-12(9-15(14)17)8-13(19)5-3-11-2-1-7-18-10-11/h4,6,9,11,18H,1-3,5,7-8,10H2. The second kappa shape index (κ2) is 6.75. The van der Waals surface area contributed by atoms with Gasteiger partial charge in [-0.3, -0.25) is 4.79 Å². The summed E-state index contributed by atoms with van der Waals surface area (Å²) in [5.41, 5.74) is 0.547. The smallest absolute Gasteiger partial charge is 0.159 e. The first-order valence-electron chi connectivity index (χ1n) is 6.81. The molecule has 19 heavy (non-hydrogen) atoms. The number of piperidine rings is 1. The molecule has 2 nitrogen and oxygen atoms in total. The summed E-state index contributed by atoms with van der Waals surface area (Å²) in [6, 6.07) is 3.65. The molecule has 2 rings (SSSR count). The molecule has 0 amide bonds. The summed E-state index contributed by atoms with van der Waals surface area (Å²) in [4.78, 5) is 11.8. The summed E-state index contributed by atoms with van der Waals surface area (Å²) in [6.07, 6.45) is 3.94. The van der Waals surface area contributed by atoms with Gasteiger partial charge in [-0.15, -0.1) is 0 Å². The van der Waals surface area contributed by atoms with Gasteiger partial charge < -0.3 is 5.32 Å². The Morgan fingerprint density at radius 2 is 2.16 bits per heavy atom. The minimum absolute atomic E-state index is 0.0941. The highest BCUT2D eigenvalue weighted by molar-refractivity contribution is 5.80. The molecule has 1 atom stereocenters. The molecule has 0 aromatic heterocycles. The number of halogens is 2. The molecule has 1 N–H and O–H groups in total. The van der Waals surface area contributed by atoms with Crippen LogP contribution in [-0.2, 0) is 11.2 Å². The van der Waals surface area contributed by atoms with Crippen molar-refractivity contribution in [1.82, 2.24) is 5.32 Å². The molecule has 0 spiro atoms. The summed E-state index contributed by atoms with van der Waals surface area (Å²) in [7, 11) is 0. The Morgan fingerprint density at radius 3 is 2.84 bits per heavy atom. The number of Topliss-reactive ketones (excluding diaryl/α,β-unsaturated/α-hetero) is 1. The molecule has 0 saturated carbocycles. The highest BCUT2D eigenvalue weighted by atomic mass is 19.2. The molecule has 1 fully saturated rings. The second-order valence-corrected chi connectivity index (χ2v) is 5.21. The van der Waals surface area contributed by atoms with Crippen LogP contribution < -0.4 is 5.32 Å². The number of ketones is 1. The van der Waals surface area contributed by atoms with E-state index in [9.17, 15) is 13.6 Å². The molecule has 4 heteroatoms. The first-order chi connectivity index (χ1) is 9.15. The molecule has 104 valence electrons. The van der Waals surface area contributed by atoms with Crippen molar-refractivity contribution >= 4 is 5.78 Å². The Hall–Kier alpha value is -1.29. The maximum absolute atomic E-state index is 13.0. The molecular weight excluding hydrogens is 248 g/mol. The van der Waals surface area contributed by atoms with Crippen LogP contribution in [0.25, 0.3) is 0 Å². The average molecular weight is 267 g/mol. The first kappa shape index (κ1) is 14.1. The van der Waals surface area contributed by atoms with Crippen LogP contribution in [0, 0.1) is 17.6 Å². The Kier molecular flexibility index (Phi) is 5.02. The minimum Gasteiger partial charge on any atom is -0.316 e. The molecule has 1 aliphatic rings. The molecule has 1 heterocycles. The van der Waals surface area contributed by atoms with E-state index in [2.05, 4.69) is 5.32 Å². The van der Waals surface area contributed by atoms with Crippen LogP contribution in [-0.4, -0.2) is 18.9 Å². The van der Waals surface area contributed by atoms with Gasteiger partial charge in [0.25, 0.3) is 0 Å². The number of hydrogen-bond acceptors (Lipinski definition) is 2. The van der Waals surface area contributed by atoms with E-state index in [1.54, 1.807) is 0 Å². The van der Waals surface area contributed by atoms with Crippen molar-refractivity contribution < 1.29 is 13.6 Å². The second-order valence-electron chi connectivity index (χ2n) is 5.21. The van der Waals surface area contributed by atoms with Crippen LogP contribution in [0.3, 0.4) is 0 Å². The van der Waals surface area contributed by atoms with Gasteiger partial charge >= 0.3 is 0 Å². The summed E-state index contributed by atoms with van der Waals surface area (Å²) in [5, 5.41) is 3.32. The van der Waals surface area contributed by atoms with E-state index >= 15 is 0 Å². The summed E-state index contributed by atoms with van der Waals surface area (Å²) in [5.74, 6) is -1.09. The first-order valence-corrected chi connectivity index (χ1v) is 6.81. The molecule has 1 aliphatic heterocycles. The van der Waals surface area contributed by atoms with Gasteiger partial charge in [0, 0.05) is 12.8 Å². The normalized spacial score (nSPS) is 19.4. The van der Waals surface area contributed by atoms with Gasteiger partial charge in [-0.25, -0.2) is 8.78 Å². The fourth-order valence-corrected chi connectivity index (χ4v) is 2.50. The predicted octanol–water partition coefficient (Wildman–Crippen LogP) is 2.86. The van der Waals surface area contributed by atoms with Crippen LogP contribution >= 0.6 is 0 Å². The fourth-order valence-electron chi connectivity index (χ4n) is 2.50. The predicted molar refractivity (Wildman–Crippen MR) is 69.9 cm³/mol. The summed E-state index contributed by atoms with van der Waals surface area (Å²) >= 11 is 0. The third-order valence-corrected chi connectivity index (χ3v) is 3.62. The van der Waals surface area contributed by atoms with Crippen molar-refractivity contribution in [3.8, 4) is 0 Å². The Balaban J connectivity index is 1.78. The zero-order valence-corrected chi connectivity index (χ0v) is 10.9. The third kappa shape index (κ3) is 4.39. The number of hydrogen-bond donors (Lipinski definition) is 1. The van der Waals surface area contributed by atoms with E-state index in [-0.39, 0.29) is 12.2 Å². The van der Waals surface area contributed by atoms with Gasteiger partial charge in [-0.05, 0) is 56.0 Å². The van der Waals surface area contributed by atoms with Crippen molar-refractivity contribution in [1.29, 1.82) is 0 Å². The zero-order valence-electron chi connectivity index (χ0n) is 10.9. The lowest BCUT2D eigenvalue weighted by Gasteiger charge is -2.22. The number of rotatable bonds is 5. The van der Waals surface area contributed by atoms with Crippen LogP contribution in [0.5, 0.6) is 0 Å². The topological polar surface area (TPSA) is 29.1 Å². The maximum atomic E-state index is 13.0. The van der Waals surface area contributed by atoms with Crippen LogP contribution in [0.1, 0.15) is 31.2 Å². The molecular formula is C15H19F2NO. The number of carbonyl (C=O) groups excluding carboxylic acids is 1. The molecule has 1 saturated heterocycles. The van der Waals surface area contributed by atoms with E-state index < -0.39 is 11.6 Å². The molecule has 0 radical (unpaired) electrons. The van der Waals surface area contributed by atoms with Crippen molar-refractivity contribution in [2.75, 3.05) is 13.1 Å². The van der Waals surface area contributed by atoms with E-state index in [0.717, 1.165) is 31.6 Å². The van der Waals surface area contributed by atoms with Gasteiger partial charge in [0.05, 0.1) is 0 Å². The van der Waals surface area contributed by atoms with Crippen LogP contribution in [0.15, 0.2) is 18.2 Å². The molecule has 0 aliphatic carbocycles.